The molecule has 0 aromatic heterocycles. The lowest BCUT2D eigenvalue weighted by Gasteiger charge is -2.10. The van der Waals surface area contributed by atoms with Gasteiger partial charge in [0, 0.05) is 4.47 Å². The molecule has 0 unspecified atom stereocenters. The Kier molecular flexibility index (Phi) is 4.59. The highest BCUT2D eigenvalue weighted by atomic mass is 79.9. The van der Waals surface area contributed by atoms with Gasteiger partial charge in [0.2, 0.25) is 0 Å². The van der Waals surface area contributed by atoms with Crippen molar-refractivity contribution in [1.82, 2.24) is 0 Å². The van der Waals surface area contributed by atoms with Crippen molar-refractivity contribution in [3.05, 3.63) is 56.7 Å². The Morgan fingerprint density at radius 1 is 1.05 bits per heavy atom. The average Bonchev–Trinajstić information content (AvgIpc) is 2.33. The summed E-state index contributed by atoms with van der Waals surface area (Å²) in [5.41, 5.74) is 0.149. The Morgan fingerprint density at radius 3 is 2.35 bits per heavy atom. The highest BCUT2D eigenvalue weighted by Gasteiger charge is 2.18. The van der Waals surface area contributed by atoms with E-state index in [1.807, 2.05) is 0 Å². The van der Waals surface area contributed by atoms with Gasteiger partial charge < -0.3 is 0 Å². The summed E-state index contributed by atoms with van der Waals surface area (Å²) in [7, 11) is -3.87. The van der Waals surface area contributed by atoms with E-state index >= 15 is 0 Å². The number of benzene rings is 2. The molecule has 2 rings (SSSR count). The first-order valence-corrected chi connectivity index (χ1v) is 8.26. The molecule has 0 heterocycles. The van der Waals surface area contributed by atoms with E-state index in [-0.39, 0.29) is 20.6 Å². The van der Waals surface area contributed by atoms with Gasteiger partial charge in [0.25, 0.3) is 10.0 Å². The molecule has 0 aliphatic rings. The molecule has 3 nitrogen and oxygen atoms in total. The molecule has 0 fully saturated rings. The second-order valence-corrected chi connectivity index (χ2v) is 7.19. The summed E-state index contributed by atoms with van der Waals surface area (Å²) in [6.45, 7) is 0. The van der Waals surface area contributed by atoms with Crippen LogP contribution in [0.4, 0.5) is 10.1 Å². The molecule has 20 heavy (non-hydrogen) atoms. The largest absolute Gasteiger partial charge is 0.280 e. The van der Waals surface area contributed by atoms with E-state index in [0.29, 0.717) is 4.47 Å². The summed E-state index contributed by atoms with van der Waals surface area (Å²) in [4.78, 5) is -0.0807. The second kappa shape index (κ2) is 5.89. The predicted octanol–water partition coefficient (Wildman–Crippen LogP) is 4.70. The van der Waals surface area contributed by atoms with Crippen molar-refractivity contribution >= 4 is 54.8 Å². The fraction of sp³-hybridized carbons (Fsp3) is 0. The number of rotatable bonds is 3. The van der Waals surface area contributed by atoms with E-state index in [1.165, 1.54) is 24.3 Å². The van der Waals surface area contributed by atoms with E-state index in [2.05, 4.69) is 20.7 Å². The third kappa shape index (κ3) is 3.44. The van der Waals surface area contributed by atoms with Gasteiger partial charge >= 0.3 is 0 Å². The molecule has 106 valence electrons. The summed E-state index contributed by atoms with van der Waals surface area (Å²) in [6, 6.07) is 7.90. The van der Waals surface area contributed by atoms with Crippen LogP contribution in [0.25, 0.3) is 0 Å². The van der Waals surface area contributed by atoms with Crippen LogP contribution in [0.5, 0.6) is 0 Å². The van der Waals surface area contributed by atoms with Gasteiger partial charge in [-0.2, -0.15) is 0 Å². The van der Waals surface area contributed by atoms with Gasteiger partial charge in [0.05, 0.1) is 15.7 Å². The average molecular weight is 399 g/mol. The standard InChI is InChI=1S/C12H7BrCl2FNO2S/c13-7-1-4-12(10(15)5-7)20(18,19)17-8-2-3-11(16)9(14)6-8/h1-6,17H. The van der Waals surface area contributed by atoms with E-state index < -0.39 is 15.8 Å². The van der Waals surface area contributed by atoms with E-state index in [0.717, 1.165) is 6.07 Å². The van der Waals surface area contributed by atoms with Gasteiger partial charge in [-0.1, -0.05) is 39.1 Å². The van der Waals surface area contributed by atoms with Crippen LogP contribution in [0, 0.1) is 5.82 Å². The third-order valence-corrected chi connectivity index (χ3v) is 5.00. The minimum Gasteiger partial charge on any atom is -0.280 e. The first kappa shape index (κ1) is 15.6. The molecular weight excluding hydrogens is 392 g/mol. The smallest absolute Gasteiger partial charge is 0.263 e. The highest BCUT2D eigenvalue weighted by Crippen LogP contribution is 2.28. The topological polar surface area (TPSA) is 46.2 Å². The number of hydrogen-bond donors (Lipinski definition) is 1. The first-order chi connectivity index (χ1) is 9.29. The second-order valence-electron chi connectivity index (χ2n) is 3.81. The van der Waals surface area contributed by atoms with Gasteiger partial charge in [-0.3, -0.25) is 4.72 Å². The van der Waals surface area contributed by atoms with Crippen LogP contribution in [0.3, 0.4) is 0 Å². The van der Waals surface area contributed by atoms with Gasteiger partial charge in [0.1, 0.15) is 10.7 Å². The van der Waals surface area contributed by atoms with Crippen molar-refractivity contribution in [2.45, 2.75) is 4.90 Å². The number of nitrogens with one attached hydrogen (secondary N) is 1. The van der Waals surface area contributed by atoms with E-state index in [9.17, 15) is 12.8 Å². The molecule has 0 saturated heterocycles. The Balaban J connectivity index is 2.38. The number of sulfonamides is 1. The molecule has 0 atom stereocenters. The maximum atomic E-state index is 13.0. The number of anilines is 1. The Labute approximate surface area is 133 Å². The maximum absolute atomic E-state index is 13.0. The summed E-state index contributed by atoms with van der Waals surface area (Å²) in [5, 5.41) is -0.104. The van der Waals surface area contributed by atoms with Crippen LogP contribution in [0.2, 0.25) is 10.0 Å². The van der Waals surface area contributed by atoms with Crippen molar-refractivity contribution in [3.8, 4) is 0 Å². The fourth-order valence-electron chi connectivity index (χ4n) is 1.46. The minimum atomic E-state index is -3.87. The van der Waals surface area contributed by atoms with Crippen molar-refractivity contribution in [2.24, 2.45) is 0 Å². The van der Waals surface area contributed by atoms with Crippen LogP contribution in [0.15, 0.2) is 45.8 Å². The summed E-state index contributed by atoms with van der Waals surface area (Å²) < 4.78 is 40.3. The molecule has 2 aromatic carbocycles. The van der Waals surface area contributed by atoms with Crippen molar-refractivity contribution in [1.29, 1.82) is 0 Å². The van der Waals surface area contributed by atoms with Crippen LogP contribution < -0.4 is 4.72 Å². The molecular formula is C12H7BrCl2FNO2S. The molecule has 2 aromatic rings. The third-order valence-electron chi connectivity index (χ3n) is 2.36. The number of hydrogen-bond acceptors (Lipinski definition) is 2. The van der Waals surface area contributed by atoms with Crippen LogP contribution in [0.1, 0.15) is 0 Å². The van der Waals surface area contributed by atoms with Crippen LogP contribution in [-0.4, -0.2) is 8.42 Å². The highest BCUT2D eigenvalue weighted by molar-refractivity contribution is 9.10. The summed E-state index contributed by atoms with van der Waals surface area (Å²) in [6.07, 6.45) is 0. The Morgan fingerprint density at radius 2 is 1.75 bits per heavy atom. The molecule has 0 spiro atoms. The zero-order valence-corrected chi connectivity index (χ0v) is 13.6. The lowest BCUT2D eigenvalue weighted by atomic mass is 10.3. The van der Waals surface area contributed by atoms with Gasteiger partial charge in [0.15, 0.2) is 0 Å². The lowest BCUT2D eigenvalue weighted by Crippen LogP contribution is -2.13. The zero-order valence-electron chi connectivity index (χ0n) is 9.70. The van der Waals surface area contributed by atoms with Crippen LogP contribution >= 0.6 is 39.1 Å². The molecule has 1 N–H and O–H groups in total. The van der Waals surface area contributed by atoms with E-state index in [1.54, 1.807) is 6.07 Å². The molecule has 0 aliphatic carbocycles. The van der Waals surface area contributed by atoms with Crippen LogP contribution in [-0.2, 0) is 10.0 Å². The first-order valence-electron chi connectivity index (χ1n) is 5.22. The Bertz CT molecular complexity index is 768. The summed E-state index contributed by atoms with van der Waals surface area (Å²) in [5.74, 6) is -0.628. The number of halogens is 4. The monoisotopic (exact) mass is 397 g/mol. The normalized spacial score (nSPS) is 11.4. The molecule has 0 saturated carbocycles. The molecule has 0 aliphatic heterocycles. The minimum absolute atomic E-state index is 0.0695. The molecule has 8 heteroatoms. The van der Waals surface area contributed by atoms with Gasteiger partial charge in [-0.15, -0.1) is 0 Å². The summed E-state index contributed by atoms with van der Waals surface area (Å²) >= 11 is 14.7. The Hall–Kier alpha value is -0.820. The van der Waals surface area contributed by atoms with Gasteiger partial charge in [-0.25, -0.2) is 12.8 Å². The fourth-order valence-corrected chi connectivity index (χ4v) is 3.73. The quantitative estimate of drug-likeness (QED) is 0.814. The van der Waals surface area contributed by atoms with Crippen molar-refractivity contribution in [2.75, 3.05) is 4.72 Å². The molecule has 0 radical (unpaired) electrons. The lowest BCUT2D eigenvalue weighted by molar-refractivity contribution is 0.601. The van der Waals surface area contributed by atoms with E-state index in [4.69, 9.17) is 23.2 Å². The molecule has 0 amide bonds. The zero-order chi connectivity index (χ0) is 14.9. The van der Waals surface area contributed by atoms with Crippen molar-refractivity contribution in [3.63, 3.8) is 0 Å². The van der Waals surface area contributed by atoms with Gasteiger partial charge in [-0.05, 0) is 36.4 Å². The predicted molar refractivity (Wildman–Crippen MR) is 81.4 cm³/mol. The molecule has 0 bridgehead atoms. The SMILES string of the molecule is O=S(=O)(Nc1ccc(F)c(Cl)c1)c1ccc(Br)cc1Cl. The van der Waals surface area contributed by atoms with Crippen molar-refractivity contribution < 1.29 is 12.8 Å². The maximum Gasteiger partial charge on any atom is 0.263 e.